The third kappa shape index (κ3) is 7.53. The van der Waals surface area contributed by atoms with E-state index in [9.17, 15) is 27.9 Å². The topological polar surface area (TPSA) is 148 Å². The first-order valence-corrected chi connectivity index (χ1v) is 21.9. The van der Waals surface area contributed by atoms with Crippen LogP contribution in [0.25, 0.3) is 12.2 Å². The fourth-order valence-electron chi connectivity index (χ4n) is 10.2. The van der Waals surface area contributed by atoms with Crippen LogP contribution in [0.3, 0.4) is 0 Å². The van der Waals surface area contributed by atoms with Crippen molar-refractivity contribution in [3.8, 4) is 23.0 Å². The quantitative estimate of drug-likeness (QED) is 0.0787. The molecule has 0 unspecified atom stereocenters. The van der Waals surface area contributed by atoms with Gasteiger partial charge in [0, 0.05) is 22.7 Å². The molecular formula is C49H38Cl3F3N4O8. The van der Waals surface area contributed by atoms with Crippen LogP contribution in [-0.2, 0) is 30.8 Å². The first-order chi connectivity index (χ1) is 32.0. The van der Waals surface area contributed by atoms with Crippen molar-refractivity contribution in [2.45, 2.75) is 30.4 Å². The smallest absolute Gasteiger partial charge is 0.417 e. The van der Waals surface area contributed by atoms with Crippen LogP contribution in [0.2, 0.25) is 15.1 Å². The number of hydrazine groups is 1. The van der Waals surface area contributed by atoms with E-state index in [4.69, 9.17) is 49.0 Å². The first-order valence-electron chi connectivity index (χ1n) is 20.8. The van der Waals surface area contributed by atoms with Gasteiger partial charge in [0.1, 0.15) is 11.5 Å². The van der Waals surface area contributed by atoms with Crippen LogP contribution in [-0.4, -0.2) is 60.1 Å². The highest BCUT2D eigenvalue weighted by Gasteiger charge is 2.70. The average molecular weight is 974 g/mol. The Balaban J connectivity index is 1.13. The van der Waals surface area contributed by atoms with Crippen molar-refractivity contribution < 1.29 is 51.7 Å². The number of ether oxygens (including phenoxy) is 3. The largest absolute Gasteiger partial charge is 0.503 e. The lowest BCUT2D eigenvalue weighted by Crippen LogP contribution is -2.53. The van der Waals surface area contributed by atoms with E-state index in [0.29, 0.717) is 56.2 Å². The van der Waals surface area contributed by atoms with Gasteiger partial charge in [-0.05, 0) is 96.1 Å². The van der Waals surface area contributed by atoms with E-state index in [0.717, 1.165) is 16.0 Å². The fraction of sp³-hybridized carbons (Fsp3) is 0.245. The molecule has 9 rings (SSSR count). The molecule has 6 atom stereocenters. The number of imide groups is 2. The number of nitrogens with one attached hydrogen (secondary N) is 1. The maximum Gasteiger partial charge on any atom is 0.417 e. The number of hydrogen-bond acceptors (Lipinski definition) is 10. The number of allylic oxidation sites excluding steroid dienone is 2. The van der Waals surface area contributed by atoms with Gasteiger partial charge in [-0.15, -0.1) is 0 Å². The van der Waals surface area contributed by atoms with Crippen LogP contribution in [0.15, 0.2) is 103 Å². The number of carbonyl (C=O) groups is 4. The van der Waals surface area contributed by atoms with E-state index in [1.807, 2.05) is 24.3 Å². The molecule has 2 N–H and O–H groups in total. The molecule has 2 aliphatic heterocycles. The van der Waals surface area contributed by atoms with E-state index in [1.54, 1.807) is 74.9 Å². The number of halogens is 6. The number of aromatic hydroxyl groups is 1. The summed E-state index contributed by atoms with van der Waals surface area (Å²) in [5.74, 6) is -7.14. The molecule has 4 aliphatic rings. The van der Waals surface area contributed by atoms with Gasteiger partial charge in [0.25, 0.3) is 11.8 Å². The molecule has 2 saturated heterocycles. The average Bonchev–Trinajstić information content (AvgIpc) is 3.69. The van der Waals surface area contributed by atoms with E-state index < -0.39 is 81.2 Å². The van der Waals surface area contributed by atoms with Gasteiger partial charge in [-0.3, -0.25) is 29.5 Å². The lowest BCUT2D eigenvalue weighted by Gasteiger charge is -2.50. The summed E-state index contributed by atoms with van der Waals surface area (Å²) in [6.07, 6.45) is 1.25. The molecule has 4 amide bonds. The molecule has 18 heteroatoms. The number of aromatic nitrogens is 1. The second-order valence-corrected chi connectivity index (χ2v) is 17.8. The molecule has 12 nitrogen and oxygen atoms in total. The van der Waals surface area contributed by atoms with Crippen molar-refractivity contribution in [3.05, 3.63) is 146 Å². The molecule has 3 heterocycles. The van der Waals surface area contributed by atoms with Crippen LogP contribution in [0, 0.1) is 23.7 Å². The molecule has 4 aromatic carbocycles. The molecule has 344 valence electrons. The van der Waals surface area contributed by atoms with Crippen LogP contribution >= 0.6 is 34.8 Å². The highest BCUT2D eigenvalue weighted by Crippen LogP contribution is 2.65. The number of carbonyl (C=O) groups excluding carboxylic acids is 4. The second-order valence-electron chi connectivity index (χ2n) is 16.5. The summed E-state index contributed by atoms with van der Waals surface area (Å²) in [5.41, 5.74) is 2.69. The predicted molar refractivity (Wildman–Crippen MR) is 244 cm³/mol. The summed E-state index contributed by atoms with van der Waals surface area (Å²) >= 11 is 19.3. The highest BCUT2D eigenvalue weighted by molar-refractivity contribution is 6.33. The minimum Gasteiger partial charge on any atom is -0.503 e. The zero-order valence-electron chi connectivity index (χ0n) is 35.6. The Bertz CT molecular complexity index is 2930. The highest BCUT2D eigenvalue weighted by atomic mass is 35.5. The third-order valence-electron chi connectivity index (χ3n) is 13.2. The van der Waals surface area contributed by atoms with E-state index in [2.05, 4.69) is 10.4 Å². The van der Waals surface area contributed by atoms with Crippen LogP contribution < -0.4 is 24.5 Å². The van der Waals surface area contributed by atoms with Crippen LogP contribution in [0.4, 0.5) is 24.7 Å². The van der Waals surface area contributed by atoms with E-state index >= 15 is 9.59 Å². The van der Waals surface area contributed by atoms with Crippen LogP contribution in [0.1, 0.15) is 46.6 Å². The number of alkyl halides is 3. The number of hydrogen-bond donors (Lipinski definition) is 2. The number of benzene rings is 4. The number of fused-ring (bicyclic) bond motifs is 4. The number of pyridine rings is 1. The Morgan fingerprint density at radius 2 is 1.52 bits per heavy atom. The summed E-state index contributed by atoms with van der Waals surface area (Å²) in [6.45, 7) is 0. The molecule has 0 bridgehead atoms. The van der Waals surface area contributed by atoms with Gasteiger partial charge in [0.05, 0.1) is 65.8 Å². The van der Waals surface area contributed by atoms with Gasteiger partial charge in [-0.1, -0.05) is 82.9 Å². The Labute approximate surface area is 396 Å². The van der Waals surface area contributed by atoms with Crippen molar-refractivity contribution in [1.82, 2.24) is 9.99 Å². The molecule has 1 saturated carbocycles. The lowest BCUT2D eigenvalue weighted by atomic mass is 9.49. The SMILES string of the molecule is COc1ccc(OC)c(C=Cc2ccc(N3C(=O)[C@H]4[C@H](CC=C5[C@H]4C[C@H]4C(=O)N(Nc6ncc(C(F)(F)F)cc6Cl)C(=O)[C@@]4(c4ccc(Cl)cc4)[C@H]5c4cc(Cl)c(O)c(OC)c4)C3=O)cc2)c1. The van der Waals surface area contributed by atoms with Gasteiger partial charge in [0.2, 0.25) is 11.8 Å². The van der Waals surface area contributed by atoms with Crippen molar-refractivity contribution in [3.63, 3.8) is 0 Å². The molecule has 0 spiro atoms. The van der Waals surface area contributed by atoms with Gasteiger partial charge in [-0.25, -0.2) is 4.98 Å². The minimum absolute atomic E-state index is 0.0478. The maximum absolute atomic E-state index is 15.5. The number of phenolic OH excluding ortho intramolecular Hbond substituents is 1. The minimum atomic E-state index is -4.79. The number of rotatable bonds is 10. The number of amides is 4. The van der Waals surface area contributed by atoms with Crippen molar-refractivity contribution in [1.29, 1.82) is 0 Å². The number of phenols is 1. The summed E-state index contributed by atoms with van der Waals surface area (Å²) in [4.78, 5) is 65.0. The molecule has 3 fully saturated rings. The van der Waals surface area contributed by atoms with Crippen molar-refractivity contribution in [2.24, 2.45) is 23.7 Å². The maximum atomic E-state index is 15.5. The molecule has 5 aromatic rings. The number of methoxy groups -OCH3 is 3. The van der Waals surface area contributed by atoms with Gasteiger partial charge >= 0.3 is 6.18 Å². The number of anilines is 2. The molecule has 67 heavy (non-hydrogen) atoms. The Morgan fingerprint density at radius 3 is 2.18 bits per heavy atom. The van der Waals surface area contributed by atoms with E-state index in [1.165, 1.54) is 19.2 Å². The third-order valence-corrected chi connectivity index (χ3v) is 14.0. The summed E-state index contributed by atoms with van der Waals surface area (Å²) < 4.78 is 57.2. The number of nitrogens with zero attached hydrogens (tertiary/aromatic N) is 3. The zero-order valence-corrected chi connectivity index (χ0v) is 37.9. The normalized spacial score (nSPS) is 23.5. The first kappa shape index (κ1) is 45.6. The summed E-state index contributed by atoms with van der Waals surface area (Å²) in [5, 5.41) is 11.2. The van der Waals surface area contributed by atoms with Gasteiger partial charge in [-0.2, -0.15) is 18.2 Å². The van der Waals surface area contributed by atoms with Crippen molar-refractivity contribution in [2.75, 3.05) is 31.7 Å². The summed E-state index contributed by atoms with van der Waals surface area (Å²) in [6, 6.07) is 22.2. The molecule has 1 aromatic heterocycles. The standard InChI is InChI=1S/C49H38Cl3F3N4O8/c1-65-31-14-17-38(66-2)25(18-31)7-4-24-5-12-30(13-6-24)58-44(61)33-16-15-32-34(40(33)46(58)63)22-35-45(62)59(57-43-37(52)21-28(23-56-43)49(53,54)55)47(64)48(35,27-8-10-29(50)11-9-27)41(32)26-19-36(51)42(60)39(20-26)67-3/h4-15,17-21,23,33-35,40-41,60H,16,22H2,1-3H3,(H,56,57)/t33-,34+,35-,40-,41-,48+/m0/s1. The monoisotopic (exact) mass is 972 g/mol. The second kappa shape index (κ2) is 17.3. The van der Waals surface area contributed by atoms with Crippen LogP contribution in [0.5, 0.6) is 23.0 Å². The zero-order chi connectivity index (χ0) is 47.7. The molecule has 2 aliphatic carbocycles. The Hall–Kier alpha value is -6.55. The van der Waals surface area contributed by atoms with Crippen molar-refractivity contribution >= 4 is 82.1 Å². The lowest BCUT2D eigenvalue weighted by molar-refractivity contribution is -0.139. The predicted octanol–water partition coefficient (Wildman–Crippen LogP) is 10.2. The Morgan fingerprint density at radius 1 is 0.806 bits per heavy atom. The van der Waals surface area contributed by atoms with Gasteiger partial charge in [0.15, 0.2) is 17.3 Å². The summed E-state index contributed by atoms with van der Waals surface area (Å²) in [7, 11) is 4.45. The Kier molecular flexibility index (Phi) is 11.8. The van der Waals surface area contributed by atoms with E-state index in [-0.39, 0.29) is 29.4 Å². The fourth-order valence-corrected chi connectivity index (χ4v) is 10.8. The molecular weight excluding hydrogens is 936 g/mol. The van der Waals surface area contributed by atoms with Gasteiger partial charge < -0.3 is 19.3 Å². The molecule has 0 radical (unpaired) electrons.